The highest BCUT2D eigenvalue weighted by Crippen LogP contribution is 2.30. The van der Waals surface area contributed by atoms with Crippen LogP contribution in [0.15, 0.2) is 16.5 Å². The van der Waals surface area contributed by atoms with Gasteiger partial charge < -0.3 is 4.74 Å². The fraction of sp³-hybridized carbons (Fsp3) is 0.643. The van der Waals surface area contributed by atoms with Gasteiger partial charge in [-0.15, -0.1) is 11.3 Å². The van der Waals surface area contributed by atoms with Crippen LogP contribution in [0.1, 0.15) is 50.4 Å². The van der Waals surface area contributed by atoms with Gasteiger partial charge in [0.15, 0.2) is 0 Å². The van der Waals surface area contributed by atoms with Crippen LogP contribution in [0.5, 0.6) is 0 Å². The van der Waals surface area contributed by atoms with E-state index in [1.54, 1.807) is 22.2 Å². The van der Waals surface area contributed by atoms with E-state index < -0.39 is 0 Å². The van der Waals surface area contributed by atoms with E-state index in [-0.39, 0.29) is 17.3 Å². The Labute approximate surface area is 127 Å². The molecule has 1 fully saturated rings. The molecule has 2 aromatic rings. The fourth-order valence-corrected chi connectivity index (χ4v) is 3.28. The third-order valence-corrected chi connectivity index (χ3v) is 4.46. The molecule has 0 N–H and O–H groups in total. The van der Waals surface area contributed by atoms with Crippen LogP contribution in [0.25, 0.3) is 0 Å². The van der Waals surface area contributed by atoms with Crippen molar-refractivity contribution < 1.29 is 4.74 Å². The maximum atomic E-state index is 12.3. The largest absolute Gasteiger partial charge is 0.371 e. The van der Waals surface area contributed by atoms with E-state index >= 15 is 0 Å². The number of thiazole rings is 1. The van der Waals surface area contributed by atoms with Gasteiger partial charge in [0.25, 0.3) is 0 Å². The Hall–Kier alpha value is -1.47. The molecule has 1 aliphatic heterocycles. The minimum atomic E-state index is -0.312. The van der Waals surface area contributed by atoms with Gasteiger partial charge in [0, 0.05) is 12.0 Å². The van der Waals surface area contributed by atoms with Crippen LogP contribution in [-0.2, 0) is 16.8 Å². The average molecular weight is 308 g/mol. The quantitative estimate of drug-likeness (QED) is 0.871. The molecular formula is C14H20N4O2S. The molecule has 0 radical (unpaired) electrons. The highest BCUT2D eigenvalue weighted by Gasteiger charge is 2.22. The first kappa shape index (κ1) is 14.5. The van der Waals surface area contributed by atoms with Crippen molar-refractivity contribution in [2.45, 2.75) is 51.8 Å². The topological polar surface area (TPSA) is 61.9 Å². The van der Waals surface area contributed by atoms with E-state index in [1.807, 2.05) is 26.2 Å². The summed E-state index contributed by atoms with van der Waals surface area (Å²) in [6.45, 7) is 7.16. The lowest BCUT2D eigenvalue weighted by atomic mass is 10.1. The van der Waals surface area contributed by atoms with Crippen molar-refractivity contribution in [2.75, 3.05) is 6.61 Å². The molecule has 0 amide bonds. The van der Waals surface area contributed by atoms with Crippen molar-refractivity contribution in [1.82, 2.24) is 19.3 Å². The van der Waals surface area contributed by atoms with Gasteiger partial charge in [-0.25, -0.2) is 14.5 Å². The molecule has 0 saturated carbocycles. The molecule has 7 heteroatoms. The summed E-state index contributed by atoms with van der Waals surface area (Å²) < 4.78 is 8.74. The van der Waals surface area contributed by atoms with Crippen molar-refractivity contribution in [3.05, 3.63) is 32.9 Å². The van der Waals surface area contributed by atoms with Crippen molar-refractivity contribution in [3.8, 4) is 0 Å². The molecular weight excluding hydrogens is 288 g/mol. The van der Waals surface area contributed by atoms with Gasteiger partial charge in [-0.05, 0) is 33.6 Å². The van der Waals surface area contributed by atoms with E-state index in [2.05, 4.69) is 10.1 Å². The van der Waals surface area contributed by atoms with Crippen LogP contribution in [0.4, 0.5) is 0 Å². The van der Waals surface area contributed by atoms with E-state index in [1.165, 1.54) is 4.68 Å². The first-order valence-corrected chi connectivity index (χ1v) is 8.04. The van der Waals surface area contributed by atoms with Crippen LogP contribution in [0.2, 0.25) is 0 Å². The smallest absolute Gasteiger partial charge is 0.346 e. The molecule has 0 spiro atoms. The molecule has 0 aliphatic carbocycles. The summed E-state index contributed by atoms with van der Waals surface area (Å²) in [5, 5.41) is 7.20. The molecule has 3 rings (SSSR count). The predicted molar refractivity (Wildman–Crippen MR) is 80.6 cm³/mol. The minimum absolute atomic E-state index is 0.103. The lowest BCUT2D eigenvalue weighted by Gasteiger charge is -2.16. The van der Waals surface area contributed by atoms with Crippen molar-refractivity contribution in [3.63, 3.8) is 0 Å². The van der Waals surface area contributed by atoms with Crippen LogP contribution >= 0.6 is 11.3 Å². The van der Waals surface area contributed by atoms with Crippen molar-refractivity contribution in [2.24, 2.45) is 0 Å². The standard InChI is InChI=1S/C14H20N4O2S/c1-14(2,3)18-13(19)17(9-15-18)7-10-8-21-12(16-10)11-5-4-6-20-11/h8-9,11H,4-7H2,1-3H3/t11-/m1/s1. The molecule has 114 valence electrons. The van der Waals surface area contributed by atoms with Gasteiger partial charge in [-0.2, -0.15) is 5.10 Å². The summed E-state index contributed by atoms with van der Waals surface area (Å²) in [5.74, 6) is 0. The van der Waals surface area contributed by atoms with Crippen LogP contribution in [-0.4, -0.2) is 25.9 Å². The number of aromatic nitrogens is 4. The SMILES string of the molecule is CC(C)(C)n1ncn(Cc2csc([C@H]3CCCO3)n2)c1=O. The molecule has 2 aromatic heterocycles. The molecule has 1 aliphatic rings. The summed E-state index contributed by atoms with van der Waals surface area (Å²) >= 11 is 1.61. The van der Waals surface area contributed by atoms with Gasteiger partial charge in [0.05, 0.1) is 17.8 Å². The summed E-state index contributed by atoms with van der Waals surface area (Å²) in [7, 11) is 0. The van der Waals surface area contributed by atoms with Gasteiger partial charge in [0.2, 0.25) is 0 Å². The molecule has 21 heavy (non-hydrogen) atoms. The third kappa shape index (κ3) is 2.94. The monoisotopic (exact) mass is 308 g/mol. The zero-order valence-electron chi connectivity index (χ0n) is 12.6. The number of hydrogen-bond acceptors (Lipinski definition) is 5. The summed E-state index contributed by atoms with van der Waals surface area (Å²) in [4.78, 5) is 16.9. The predicted octanol–water partition coefficient (Wildman–Crippen LogP) is 2.16. The molecule has 6 nitrogen and oxygen atoms in total. The summed E-state index contributed by atoms with van der Waals surface area (Å²) in [6.07, 6.45) is 3.85. The summed E-state index contributed by atoms with van der Waals surface area (Å²) in [5.41, 5.74) is 0.475. The first-order valence-electron chi connectivity index (χ1n) is 7.16. The molecule has 0 aromatic carbocycles. The van der Waals surface area contributed by atoms with Gasteiger partial charge >= 0.3 is 5.69 Å². The highest BCUT2D eigenvalue weighted by molar-refractivity contribution is 7.09. The van der Waals surface area contributed by atoms with Gasteiger partial charge in [-0.1, -0.05) is 0 Å². The van der Waals surface area contributed by atoms with Crippen molar-refractivity contribution >= 4 is 11.3 Å². The minimum Gasteiger partial charge on any atom is -0.371 e. The highest BCUT2D eigenvalue weighted by atomic mass is 32.1. The molecule has 3 heterocycles. The van der Waals surface area contributed by atoms with E-state index in [0.717, 1.165) is 30.2 Å². The normalized spacial score (nSPS) is 19.3. The van der Waals surface area contributed by atoms with Crippen LogP contribution in [0, 0.1) is 0 Å². The van der Waals surface area contributed by atoms with Crippen molar-refractivity contribution in [1.29, 1.82) is 0 Å². The molecule has 0 unspecified atom stereocenters. The zero-order valence-corrected chi connectivity index (χ0v) is 13.4. The van der Waals surface area contributed by atoms with E-state index in [0.29, 0.717) is 6.54 Å². The first-order chi connectivity index (χ1) is 9.95. The van der Waals surface area contributed by atoms with Gasteiger partial charge in [-0.3, -0.25) is 4.57 Å². The maximum absolute atomic E-state index is 12.3. The molecule has 1 saturated heterocycles. The van der Waals surface area contributed by atoms with Gasteiger partial charge in [0.1, 0.15) is 17.4 Å². The molecule has 1 atom stereocenters. The Morgan fingerprint density at radius 2 is 2.29 bits per heavy atom. The second kappa shape index (κ2) is 5.38. The average Bonchev–Trinajstić information content (AvgIpc) is 3.10. The number of ether oxygens (including phenoxy) is 1. The third-order valence-electron chi connectivity index (χ3n) is 3.48. The van der Waals surface area contributed by atoms with Crippen LogP contribution < -0.4 is 5.69 Å². The Morgan fingerprint density at radius 1 is 1.48 bits per heavy atom. The van der Waals surface area contributed by atoms with E-state index in [4.69, 9.17) is 4.74 Å². The number of nitrogens with zero attached hydrogens (tertiary/aromatic N) is 4. The second-order valence-corrected chi connectivity index (χ2v) is 7.19. The maximum Gasteiger partial charge on any atom is 0.346 e. The number of rotatable bonds is 3. The zero-order chi connectivity index (χ0) is 15.0. The lowest BCUT2D eigenvalue weighted by molar-refractivity contribution is 0.111. The van der Waals surface area contributed by atoms with E-state index in [9.17, 15) is 4.79 Å². The second-order valence-electron chi connectivity index (χ2n) is 6.30. The molecule has 0 bridgehead atoms. The Bertz CT molecular complexity index is 674. The lowest BCUT2D eigenvalue weighted by Crippen LogP contribution is -2.35. The number of hydrogen-bond donors (Lipinski definition) is 0. The Morgan fingerprint density at radius 3 is 2.90 bits per heavy atom. The summed E-state index contributed by atoms with van der Waals surface area (Å²) in [6, 6.07) is 0. The Balaban J connectivity index is 1.78. The fourth-order valence-electron chi connectivity index (χ4n) is 2.39. The Kier molecular flexibility index (Phi) is 3.71. The van der Waals surface area contributed by atoms with Crippen LogP contribution in [0.3, 0.4) is 0 Å².